The average molecular weight is 445 g/mol. The molecule has 172 valence electrons. The topological polar surface area (TPSA) is 36.9 Å². The molecule has 1 saturated heterocycles. The van der Waals surface area contributed by atoms with E-state index in [4.69, 9.17) is 18.9 Å². The van der Waals surface area contributed by atoms with Gasteiger partial charge in [0.25, 0.3) is 0 Å². The number of rotatable bonds is 10. The summed E-state index contributed by atoms with van der Waals surface area (Å²) in [5, 5.41) is 0. The summed E-state index contributed by atoms with van der Waals surface area (Å²) in [6, 6.07) is 30.6. The second-order valence-corrected chi connectivity index (χ2v) is 8.21. The van der Waals surface area contributed by atoms with Gasteiger partial charge in [0.05, 0.1) is 38.3 Å². The lowest BCUT2D eigenvalue weighted by Crippen LogP contribution is -2.48. The van der Waals surface area contributed by atoms with Crippen LogP contribution >= 0.6 is 0 Å². The van der Waals surface area contributed by atoms with Gasteiger partial charge in [-0.2, -0.15) is 0 Å². The van der Waals surface area contributed by atoms with Crippen molar-refractivity contribution in [1.82, 2.24) is 0 Å². The zero-order chi connectivity index (χ0) is 22.7. The van der Waals surface area contributed by atoms with Crippen LogP contribution in [-0.2, 0) is 38.8 Å². The Labute approximate surface area is 196 Å². The van der Waals surface area contributed by atoms with Crippen molar-refractivity contribution in [3.63, 3.8) is 0 Å². The minimum absolute atomic E-state index is 0.126. The van der Waals surface area contributed by atoms with E-state index in [9.17, 15) is 0 Å². The maximum absolute atomic E-state index is 6.42. The van der Waals surface area contributed by atoms with E-state index in [0.717, 1.165) is 22.4 Å². The standard InChI is InChI=1S/C29H32O4/c1-2-26-18-27(31-20-24-14-8-4-9-15-24)29(32-21-25-16-10-5-11-17-25)28(33-26)22-30-19-23-12-6-3-7-13-23/h2-17,27-29H,18-22H2,1H3/b26-2+/t27-,28-,29-/m1/s1. The highest BCUT2D eigenvalue weighted by Gasteiger charge is 2.38. The normalized spacial score (nSPS) is 21.6. The third-order valence-corrected chi connectivity index (χ3v) is 5.75. The van der Waals surface area contributed by atoms with Crippen molar-refractivity contribution in [1.29, 1.82) is 0 Å². The molecule has 4 nitrogen and oxygen atoms in total. The van der Waals surface area contributed by atoms with Gasteiger partial charge in [-0.05, 0) is 29.7 Å². The van der Waals surface area contributed by atoms with Crippen molar-refractivity contribution < 1.29 is 18.9 Å². The van der Waals surface area contributed by atoms with E-state index in [-0.39, 0.29) is 18.3 Å². The number of hydrogen-bond donors (Lipinski definition) is 0. The molecule has 1 fully saturated rings. The predicted octanol–water partition coefficient (Wildman–Crippen LogP) is 6.07. The first-order valence-electron chi connectivity index (χ1n) is 11.6. The molecular weight excluding hydrogens is 412 g/mol. The Kier molecular flexibility index (Phi) is 8.70. The molecule has 0 aliphatic carbocycles. The maximum atomic E-state index is 6.42. The second-order valence-electron chi connectivity index (χ2n) is 8.21. The monoisotopic (exact) mass is 444 g/mol. The first-order valence-corrected chi connectivity index (χ1v) is 11.6. The van der Waals surface area contributed by atoms with E-state index >= 15 is 0 Å². The molecule has 4 rings (SSSR count). The Bertz CT molecular complexity index is 972. The van der Waals surface area contributed by atoms with Crippen molar-refractivity contribution in [3.8, 4) is 0 Å². The predicted molar refractivity (Wildman–Crippen MR) is 129 cm³/mol. The highest BCUT2D eigenvalue weighted by Crippen LogP contribution is 2.29. The molecule has 0 amide bonds. The van der Waals surface area contributed by atoms with E-state index in [1.165, 1.54) is 0 Å². The van der Waals surface area contributed by atoms with Gasteiger partial charge in [-0.1, -0.05) is 91.0 Å². The Morgan fingerprint density at radius 3 is 1.79 bits per heavy atom. The molecule has 0 unspecified atom stereocenters. The van der Waals surface area contributed by atoms with Crippen LogP contribution in [0.15, 0.2) is 103 Å². The number of allylic oxidation sites excluding steroid dienone is 1. The van der Waals surface area contributed by atoms with Crippen LogP contribution in [0.3, 0.4) is 0 Å². The quantitative estimate of drug-likeness (QED) is 0.380. The molecule has 0 radical (unpaired) electrons. The molecule has 1 heterocycles. The fraction of sp³-hybridized carbons (Fsp3) is 0.310. The van der Waals surface area contributed by atoms with Crippen LogP contribution in [0, 0.1) is 0 Å². The summed E-state index contributed by atoms with van der Waals surface area (Å²) in [4.78, 5) is 0. The number of benzene rings is 3. The van der Waals surface area contributed by atoms with Crippen LogP contribution in [0.4, 0.5) is 0 Å². The summed E-state index contributed by atoms with van der Waals surface area (Å²) in [6.07, 6.45) is 2.07. The van der Waals surface area contributed by atoms with Gasteiger partial charge in [0.2, 0.25) is 0 Å². The van der Waals surface area contributed by atoms with Crippen LogP contribution in [0.5, 0.6) is 0 Å². The molecule has 0 spiro atoms. The van der Waals surface area contributed by atoms with Crippen molar-refractivity contribution in [2.75, 3.05) is 6.61 Å². The lowest BCUT2D eigenvalue weighted by Gasteiger charge is -2.39. The lowest BCUT2D eigenvalue weighted by molar-refractivity contribution is -0.178. The van der Waals surface area contributed by atoms with Crippen molar-refractivity contribution in [2.24, 2.45) is 0 Å². The van der Waals surface area contributed by atoms with Crippen LogP contribution < -0.4 is 0 Å². The Morgan fingerprint density at radius 1 is 0.727 bits per heavy atom. The highest BCUT2D eigenvalue weighted by atomic mass is 16.6. The molecule has 1 aliphatic rings. The number of ether oxygens (including phenoxy) is 4. The smallest absolute Gasteiger partial charge is 0.150 e. The Balaban J connectivity index is 1.45. The molecule has 0 bridgehead atoms. The minimum Gasteiger partial charge on any atom is -0.490 e. The third-order valence-electron chi connectivity index (χ3n) is 5.75. The van der Waals surface area contributed by atoms with Gasteiger partial charge in [-0.3, -0.25) is 0 Å². The zero-order valence-electron chi connectivity index (χ0n) is 19.1. The molecule has 33 heavy (non-hydrogen) atoms. The molecule has 3 aromatic carbocycles. The molecule has 4 heteroatoms. The van der Waals surface area contributed by atoms with Crippen LogP contribution in [-0.4, -0.2) is 24.9 Å². The summed E-state index contributed by atoms with van der Waals surface area (Å²) in [5.74, 6) is 0.918. The van der Waals surface area contributed by atoms with E-state index in [1.807, 2.05) is 67.6 Å². The van der Waals surface area contributed by atoms with Crippen molar-refractivity contribution in [2.45, 2.75) is 51.5 Å². The first-order chi connectivity index (χ1) is 16.3. The summed E-state index contributed by atoms with van der Waals surface area (Å²) in [6.45, 7) is 3.99. The van der Waals surface area contributed by atoms with Crippen molar-refractivity contribution >= 4 is 0 Å². The largest absolute Gasteiger partial charge is 0.490 e. The van der Waals surface area contributed by atoms with Gasteiger partial charge in [0.15, 0.2) is 6.10 Å². The summed E-state index contributed by atoms with van der Waals surface area (Å²) in [5.41, 5.74) is 3.41. The molecule has 0 aromatic heterocycles. The van der Waals surface area contributed by atoms with Gasteiger partial charge in [-0.25, -0.2) is 0 Å². The van der Waals surface area contributed by atoms with Gasteiger partial charge in [0.1, 0.15) is 6.10 Å². The van der Waals surface area contributed by atoms with Crippen LogP contribution in [0.1, 0.15) is 30.0 Å². The van der Waals surface area contributed by atoms with E-state index in [1.54, 1.807) is 0 Å². The maximum Gasteiger partial charge on any atom is 0.150 e. The molecular formula is C29H32O4. The van der Waals surface area contributed by atoms with Gasteiger partial charge >= 0.3 is 0 Å². The summed E-state index contributed by atoms with van der Waals surface area (Å²) in [7, 11) is 0. The van der Waals surface area contributed by atoms with Crippen LogP contribution in [0.25, 0.3) is 0 Å². The number of hydrogen-bond acceptors (Lipinski definition) is 4. The second kappa shape index (κ2) is 12.4. The first kappa shape index (κ1) is 23.2. The molecule has 0 saturated carbocycles. The van der Waals surface area contributed by atoms with E-state index in [0.29, 0.717) is 32.8 Å². The zero-order valence-corrected chi connectivity index (χ0v) is 19.1. The Morgan fingerprint density at radius 2 is 1.24 bits per heavy atom. The molecule has 3 atom stereocenters. The fourth-order valence-electron chi connectivity index (χ4n) is 3.96. The lowest BCUT2D eigenvalue weighted by atomic mass is 9.99. The summed E-state index contributed by atoms with van der Waals surface area (Å²) < 4.78 is 25.2. The van der Waals surface area contributed by atoms with E-state index in [2.05, 4.69) is 36.4 Å². The van der Waals surface area contributed by atoms with Gasteiger partial charge in [-0.15, -0.1) is 0 Å². The van der Waals surface area contributed by atoms with Gasteiger partial charge in [0, 0.05) is 6.42 Å². The molecule has 0 N–H and O–H groups in total. The van der Waals surface area contributed by atoms with Crippen LogP contribution in [0.2, 0.25) is 0 Å². The Hall–Kier alpha value is -2.92. The summed E-state index contributed by atoms with van der Waals surface area (Å²) >= 11 is 0. The molecule has 1 aliphatic heterocycles. The van der Waals surface area contributed by atoms with E-state index < -0.39 is 0 Å². The third kappa shape index (κ3) is 7.03. The highest BCUT2D eigenvalue weighted by molar-refractivity contribution is 5.15. The van der Waals surface area contributed by atoms with Crippen molar-refractivity contribution in [3.05, 3.63) is 120 Å². The average Bonchev–Trinajstić information content (AvgIpc) is 2.88. The minimum atomic E-state index is -0.252. The SMILES string of the molecule is C/C=C1\C[C@@H](OCc2ccccc2)[C@@H](OCc2ccccc2)[C@@H](COCc2ccccc2)O1. The fourth-order valence-corrected chi connectivity index (χ4v) is 3.96. The molecule has 3 aromatic rings. The van der Waals surface area contributed by atoms with Gasteiger partial charge < -0.3 is 18.9 Å².